The summed E-state index contributed by atoms with van der Waals surface area (Å²) in [7, 11) is 3.88. The number of carbonyl (C=O) groups excluding carboxylic acids is 2. The molecule has 9 heteroatoms. The lowest BCUT2D eigenvalue weighted by Crippen LogP contribution is -2.41. The molecule has 1 fully saturated rings. The maximum absolute atomic E-state index is 11.6. The van der Waals surface area contributed by atoms with Gasteiger partial charge in [-0.05, 0) is 33.4 Å². The molecule has 2 N–H and O–H groups in total. The zero-order valence-electron chi connectivity index (χ0n) is 13.0. The molecule has 0 saturated heterocycles. The minimum atomic E-state index is -0.446. The van der Waals surface area contributed by atoms with Gasteiger partial charge in [-0.15, -0.1) is 10.2 Å². The van der Waals surface area contributed by atoms with Crippen molar-refractivity contribution in [2.24, 2.45) is 0 Å². The summed E-state index contributed by atoms with van der Waals surface area (Å²) in [6, 6.07) is -0.172. The minimum absolute atomic E-state index is 0.0540. The highest BCUT2D eigenvalue weighted by molar-refractivity contribution is 7.99. The number of imide groups is 1. The number of rotatable bonds is 7. The Hall–Kier alpha value is -1.61. The Morgan fingerprint density at radius 1 is 1.41 bits per heavy atom. The summed E-state index contributed by atoms with van der Waals surface area (Å²) in [5.74, 6) is 0.197. The Balaban J connectivity index is 1.77. The average Bonchev–Trinajstić information content (AvgIpc) is 3.13. The number of nitrogens with zero attached hydrogens (tertiary/aromatic N) is 3. The Bertz CT molecular complexity index is 530. The fraction of sp³-hybridized carbons (Fsp3) is 0.692. The number of amides is 3. The van der Waals surface area contributed by atoms with Crippen molar-refractivity contribution >= 4 is 23.7 Å². The van der Waals surface area contributed by atoms with Crippen LogP contribution in [0.15, 0.2) is 9.64 Å². The third kappa shape index (κ3) is 4.99. The van der Waals surface area contributed by atoms with E-state index in [0.29, 0.717) is 11.1 Å². The van der Waals surface area contributed by atoms with Crippen molar-refractivity contribution in [2.45, 2.75) is 43.5 Å². The number of hydrogen-bond donors (Lipinski definition) is 2. The van der Waals surface area contributed by atoms with E-state index in [1.807, 2.05) is 25.9 Å². The molecular formula is C13H21N5O3S. The van der Waals surface area contributed by atoms with Crippen LogP contribution >= 0.6 is 11.8 Å². The first-order valence-corrected chi connectivity index (χ1v) is 8.21. The summed E-state index contributed by atoms with van der Waals surface area (Å²) >= 11 is 1.11. The summed E-state index contributed by atoms with van der Waals surface area (Å²) in [6.07, 6.45) is 2.80. The fourth-order valence-electron chi connectivity index (χ4n) is 1.91. The van der Waals surface area contributed by atoms with Gasteiger partial charge in [0.05, 0.1) is 11.8 Å². The second kappa shape index (κ2) is 7.59. The van der Waals surface area contributed by atoms with Gasteiger partial charge >= 0.3 is 6.03 Å². The molecule has 0 spiro atoms. The third-order valence-electron chi connectivity index (χ3n) is 3.21. The molecule has 1 saturated carbocycles. The summed E-state index contributed by atoms with van der Waals surface area (Å²) in [4.78, 5) is 25.1. The first-order chi connectivity index (χ1) is 10.5. The molecule has 22 heavy (non-hydrogen) atoms. The lowest BCUT2D eigenvalue weighted by atomic mass is 10.2. The fourth-order valence-corrected chi connectivity index (χ4v) is 2.48. The van der Waals surface area contributed by atoms with Crippen LogP contribution in [-0.2, 0) is 4.79 Å². The first kappa shape index (κ1) is 16.8. The number of hydrogen-bond acceptors (Lipinski definition) is 7. The van der Waals surface area contributed by atoms with Crippen LogP contribution in [-0.4, -0.2) is 52.9 Å². The van der Waals surface area contributed by atoms with Crippen molar-refractivity contribution in [3.05, 3.63) is 5.89 Å². The Labute approximate surface area is 133 Å². The molecule has 1 aliphatic carbocycles. The molecular weight excluding hydrogens is 306 g/mol. The molecule has 0 bridgehead atoms. The van der Waals surface area contributed by atoms with Gasteiger partial charge in [-0.3, -0.25) is 15.0 Å². The van der Waals surface area contributed by atoms with Gasteiger partial charge in [0.25, 0.3) is 5.22 Å². The Morgan fingerprint density at radius 2 is 2.14 bits per heavy atom. The second-order valence-electron chi connectivity index (χ2n) is 5.38. The van der Waals surface area contributed by atoms with Crippen molar-refractivity contribution in [3.63, 3.8) is 0 Å². The van der Waals surface area contributed by atoms with E-state index in [9.17, 15) is 9.59 Å². The van der Waals surface area contributed by atoms with E-state index in [1.165, 1.54) is 0 Å². The molecule has 1 aliphatic rings. The van der Waals surface area contributed by atoms with Crippen LogP contribution in [0.3, 0.4) is 0 Å². The van der Waals surface area contributed by atoms with Crippen LogP contribution in [0, 0.1) is 0 Å². The van der Waals surface area contributed by atoms with E-state index < -0.39 is 6.03 Å². The summed E-state index contributed by atoms with van der Waals surface area (Å²) < 4.78 is 5.55. The number of nitrogens with one attached hydrogen (secondary N) is 2. The minimum Gasteiger partial charge on any atom is -0.414 e. The molecule has 0 radical (unpaired) electrons. The first-order valence-electron chi connectivity index (χ1n) is 7.22. The quantitative estimate of drug-likeness (QED) is 0.725. The van der Waals surface area contributed by atoms with Crippen molar-refractivity contribution in [1.82, 2.24) is 25.7 Å². The average molecular weight is 327 g/mol. The van der Waals surface area contributed by atoms with Crippen LogP contribution in [0.2, 0.25) is 0 Å². The van der Waals surface area contributed by atoms with Gasteiger partial charge in [0.1, 0.15) is 0 Å². The van der Waals surface area contributed by atoms with E-state index in [4.69, 9.17) is 4.42 Å². The molecule has 0 aromatic carbocycles. The maximum Gasteiger partial charge on any atom is 0.321 e. The third-order valence-corrected chi connectivity index (χ3v) is 4.03. The highest BCUT2D eigenvalue weighted by Gasteiger charge is 2.24. The molecule has 0 unspecified atom stereocenters. The predicted octanol–water partition coefficient (Wildman–Crippen LogP) is 1.16. The monoisotopic (exact) mass is 327 g/mol. The topological polar surface area (TPSA) is 100 Å². The molecule has 1 aromatic rings. The van der Waals surface area contributed by atoms with E-state index in [1.54, 1.807) is 0 Å². The Kier molecular flexibility index (Phi) is 5.78. The zero-order chi connectivity index (χ0) is 16.1. The number of thioether (sulfide) groups is 1. The van der Waals surface area contributed by atoms with Crippen LogP contribution in [0.25, 0.3) is 0 Å². The summed E-state index contributed by atoms with van der Waals surface area (Å²) in [5, 5.41) is 13.2. The standard InChI is InChI=1S/C13H21N5O3S/c1-4-9(18(2)3)11-16-17-13(21-11)22-7-10(19)15-12(20)14-8-5-6-8/h8-9H,4-7H2,1-3H3,(H2,14,15,19,20)/t9-/m1/s1. The SMILES string of the molecule is CC[C@H](c1nnc(SCC(=O)NC(=O)NC2CC2)o1)N(C)C. The van der Waals surface area contributed by atoms with Crippen LogP contribution in [0.1, 0.15) is 38.1 Å². The predicted molar refractivity (Wildman–Crippen MR) is 81.4 cm³/mol. The lowest BCUT2D eigenvalue weighted by molar-refractivity contribution is -0.117. The molecule has 122 valence electrons. The number of carbonyl (C=O) groups is 2. The maximum atomic E-state index is 11.6. The van der Waals surface area contributed by atoms with Gasteiger partial charge in [-0.1, -0.05) is 18.7 Å². The highest BCUT2D eigenvalue weighted by Crippen LogP contribution is 2.24. The molecule has 1 heterocycles. The molecule has 2 rings (SSSR count). The van der Waals surface area contributed by atoms with Gasteiger partial charge < -0.3 is 9.73 Å². The zero-order valence-corrected chi connectivity index (χ0v) is 13.8. The van der Waals surface area contributed by atoms with Crippen molar-refractivity contribution in [2.75, 3.05) is 19.8 Å². The van der Waals surface area contributed by atoms with Crippen molar-refractivity contribution in [3.8, 4) is 0 Å². The van der Waals surface area contributed by atoms with Crippen LogP contribution in [0.4, 0.5) is 4.79 Å². The summed E-state index contributed by atoms with van der Waals surface area (Å²) in [5.41, 5.74) is 0. The smallest absolute Gasteiger partial charge is 0.321 e. The van der Waals surface area contributed by atoms with E-state index >= 15 is 0 Å². The summed E-state index contributed by atoms with van der Waals surface area (Å²) in [6.45, 7) is 2.04. The number of aromatic nitrogens is 2. The van der Waals surface area contributed by atoms with Crippen LogP contribution < -0.4 is 10.6 Å². The van der Waals surface area contributed by atoms with Gasteiger partial charge in [0, 0.05) is 6.04 Å². The normalized spacial score (nSPS) is 15.6. The van der Waals surface area contributed by atoms with E-state index in [0.717, 1.165) is 31.0 Å². The Morgan fingerprint density at radius 3 is 2.73 bits per heavy atom. The van der Waals surface area contributed by atoms with Gasteiger partial charge in [0.15, 0.2) is 0 Å². The van der Waals surface area contributed by atoms with E-state index in [-0.39, 0.29) is 23.7 Å². The van der Waals surface area contributed by atoms with E-state index in [2.05, 4.69) is 20.8 Å². The molecule has 0 aliphatic heterocycles. The molecule has 8 nitrogen and oxygen atoms in total. The van der Waals surface area contributed by atoms with Gasteiger partial charge in [-0.2, -0.15) is 0 Å². The van der Waals surface area contributed by atoms with Gasteiger partial charge in [0.2, 0.25) is 11.8 Å². The largest absolute Gasteiger partial charge is 0.414 e. The highest BCUT2D eigenvalue weighted by atomic mass is 32.2. The lowest BCUT2D eigenvalue weighted by Gasteiger charge is -2.18. The van der Waals surface area contributed by atoms with Crippen molar-refractivity contribution in [1.29, 1.82) is 0 Å². The second-order valence-corrected chi connectivity index (χ2v) is 6.31. The number of urea groups is 1. The van der Waals surface area contributed by atoms with Crippen molar-refractivity contribution < 1.29 is 14.0 Å². The van der Waals surface area contributed by atoms with Crippen LogP contribution in [0.5, 0.6) is 0 Å². The molecule has 1 atom stereocenters. The van der Waals surface area contributed by atoms with Gasteiger partial charge in [-0.25, -0.2) is 4.79 Å². The molecule has 1 aromatic heterocycles. The molecule has 3 amide bonds.